The average Bonchev–Trinajstić information content (AvgIpc) is 2.74. The van der Waals surface area contributed by atoms with Crippen LogP contribution in [-0.4, -0.2) is 37.0 Å². The molecule has 0 bridgehead atoms. The van der Waals surface area contributed by atoms with Gasteiger partial charge < -0.3 is 19.7 Å². The van der Waals surface area contributed by atoms with Crippen LogP contribution in [0, 0.1) is 6.92 Å². The normalized spacial score (nSPS) is 15.3. The molecule has 1 unspecified atom stereocenters. The van der Waals surface area contributed by atoms with Gasteiger partial charge in [-0.05, 0) is 43.0 Å². The second-order valence-electron chi connectivity index (χ2n) is 7.87. The SMILES string of the molecule is Cc1cccc(C(C)C)c1NC(=O)COC(=O)CCN1C(=O)C(C)Oc2ccccc21. The number of carbonyl (C=O) groups excluding carboxylic acids is 3. The highest BCUT2D eigenvalue weighted by atomic mass is 16.5. The Morgan fingerprint density at radius 2 is 1.90 bits per heavy atom. The summed E-state index contributed by atoms with van der Waals surface area (Å²) in [5, 5.41) is 2.85. The highest BCUT2D eigenvalue weighted by Crippen LogP contribution is 2.33. The first kappa shape index (κ1) is 22.3. The summed E-state index contributed by atoms with van der Waals surface area (Å²) < 4.78 is 10.7. The van der Waals surface area contributed by atoms with Crippen LogP contribution in [0.15, 0.2) is 42.5 Å². The van der Waals surface area contributed by atoms with E-state index in [0.29, 0.717) is 11.4 Å². The molecule has 1 aliphatic rings. The largest absolute Gasteiger partial charge is 0.479 e. The quantitative estimate of drug-likeness (QED) is 0.684. The zero-order valence-electron chi connectivity index (χ0n) is 18.3. The van der Waals surface area contributed by atoms with E-state index in [4.69, 9.17) is 9.47 Å². The van der Waals surface area contributed by atoms with E-state index in [0.717, 1.165) is 16.8 Å². The molecule has 164 valence electrons. The number of anilines is 2. The Bertz CT molecular complexity index is 986. The fourth-order valence-corrected chi connectivity index (χ4v) is 3.53. The number of hydrogen-bond acceptors (Lipinski definition) is 5. The molecular weight excluding hydrogens is 396 g/mol. The Hall–Kier alpha value is -3.35. The van der Waals surface area contributed by atoms with Crippen LogP contribution in [0.2, 0.25) is 0 Å². The molecule has 0 spiro atoms. The molecule has 3 rings (SSSR count). The first-order valence-electron chi connectivity index (χ1n) is 10.4. The summed E-state index contributed by atoms with van der Waals surface area (Å²) in [6, 6.07) is 13.0. The third-order valence-corrected chi connectivity index (χ3v) is 5.17. The van der Waals surface area contributed by atoms with Crippen molar-refractivity contribution in [2.75, 3.05) is 23.4 Å². The lowest BCUT2D eigenvalue weighted by Crippen LogP contribution is -2.45. The van der Waals surface area contributed by atoms with Crippen LogP contribution in [0.25, 0.3) is 0 Å². The van der Waals surface area contributed by atoms with E-state index in [-0.39, 0.29) is 31.4 Å². The number of amides is 2. The predicted molar refractivity (Wildman–Crippen MR) is 118 cm³/mol. The van der Waals surface area contributed by atoms with Crippen molar-refractivity contribution in [3.63, 3.8) is 0 Å². The van der Waals surface area contributed by atoms with Crippen molar-refractivity contribution >= 4 is 29.2 Å². The van der Waals surface area contributed by atoms with Gasteiger partial charge in [-0.25, -0.2) is 0 Å². The van der Waals surface area contributed by atoms with Crippen molar-refractivity contribution in [1.29, 1.82) is 0 Å². The van der Waals surface area contributed by atoms with E-state index < -0.39 is 18.0 Å². The van der Waals surface area contributed by atoms with Crippen molar-refractivity contribution in [2.24, 2.45) is 0 Å². The van der Waals surface area contributed by atoms with E-state index in [1.54, 1.807) is 25.1 Å². The summed E-state index contributed by atoms with van der Waals surface area (Å²) in [5.74, 6) is -0.319. The minimum atomic E-state index is -0.624. The van der Waals surface area contributed by atoms with Crippen molar-refractivity contribution < 1.29 is 23.9 Å². The maximum atomic E-state index is 12.5. The molecule has 7 heteroatoms. The molecule has 0 saturated carbocycles. The molecule has 0 saturated heterocycles. The molecule has 2 aromatic carbocycles. The van der Waals surface area contributed by atoms with Crippen LogP contribution in [-0.2, 0) is 19.1 Å². The zero-order chi connectivity index (χ0) is 22.5. The smallest absolute Gasteiger partial charge is 0.308 e. The number of para-hydroxylation sites is 3. The van der Waals surface area contributed by atoms with Crippen molar-refractivity contribution in [2.45, 2.75) is 46.1 Å². The van der Waals surface area contributed by atoms with Gasteiger partial charge in [0.15, 0.2) is 12.7 Å². The summed E-state index contributed by atoms with van der Waals surface area (Å²) in [4.78, 5) is 38.5. The molecule has 2 aromatic rings. The van der Waals surface area contributed by atoms with Crippen LogP contribution < -0.4 is 15.0 Å². The van der Waals surface area contributed by atoms with E-state index in [1.165, 1.54) is 4.90 Å². The number of ether oxygens (including phenoxy) is 2. The van der Waals surface area contributed by atoms with Gasteiger partial charge in [0.05, 0.1) is 12.1 Å². The van der Waals surface area contributed by atoms with Gasteiger partial charge in [0, 0.05) is 12.2 Å². The monoisotopic (exact) mass is 424 g/mol. The van der Waals surface area contributed by atoms with E-state index in [1.807, 2.05) is 31.2 Å². The van der Waals surface area contributed by atoms with E-state index in [9.17, 15) is 14.4 Å². The molecular formula is C24H28N2O5. The Kier molecular flexibility index (Phi) is 6.95. The van der Waals surface area contributed by atoms with Crippen molar-refractivity contribution in [3.8, 4) is 5.75 Å². The maximum Gasteiger partial charge on any atom is 0.308 e. The molecule has 31 heavy (non-hydrogen) atoms. The molecule has 0 fully saturated rings. The van der Waals surface area contributed by atoms with Gasteiger partial charge >= 0.3 is 5.97 Å². The van der Waals surface area contributed by atoms with Gasteiger partial charge in [-0.15, -0.1) is 0 Å². The summed E-state index contributed by atoms with van der Waals surface area (Å²) in [7, 11) is 0. The number of benzene rings is 2. The standard InChI is InChI=1S/C24H28N2O5/c1-15(2)18-9-7-8-16(3)23(18)25-21(27)14-30-22(28)12-13-26-19-10-5-6-11-20(19)31-17(4)24(26)29/h5-11,15,17H,12-14H2,1-4H3,(H,25,27). The summed E-state index contributed by atoms with van der Waals surface area (Å²) in [6.07, 6.45) is -0.650. The summed E-state index contributed by atoms with van der Waals surface area (Å²) >= 11 is 0. The number of hydrogen-bond donors (Lipinski definition) is 1. The minimum Gasteiger partial charge on any atom is -0.479 e. The fraction of sp³-hybridized carbons (Fsp3) is 0.375. The summed E-state index contributed by atoms with van der Waals surface area (Å²) in [5.41, 5.74) is 3.35. The lowest BCUT2D eigenvalue weighted by atomic mass is 9.98. The van der Waals surface area contributed by atoms with Crippen LogP contribution >= 0.6 is 0 Å². The lowest BCUT2D eigenvalue weighted by Gasteiger charge is -2.32. The summed E-state index contributed by atoms with van der Waals surface area (Å²) in [6.45, 7) is 7.47. The Balaban J connectivity index is 1.55. The second kappa shape index (κ2) is 9.64. The number of fused-ring (bicyclic) bond motifs is 1. The molecule has 0 aliphatic carbocycles. The maximum absolute atomic E-state index is 12.5. The predicted octanol–water partition coefficient (Wildman–Crippen LogP) is 3.80. The van der Waals surface area contributed by atoms with Gasteiger partial charge in [0.25, 0.3) is 11.8 Å². The third kappa shape index (κ3) is 5.23. The number of nitrogens with one attached hydrogen (secondary N) is 1. The van der Waals surface area contributed by atoms with Crippen LogP contribution in [0.4, 0.5) is 11.4 Å². The van der Waals surface area contributed by atoms with E-state index >= 15 is 0 Å². The number of rotatable bonds is 7. The lowest BCUT2D eigenvalue weighted by molar-refractivity contribution is -0.147. The van der Waals surface area contributed by atoms with Crippen LogP contribution in [0.1, 0.15) is 44.2 Å². The van der Waals surface area contributed by atoms with Crippen molar-refractivity contribution in [1.82, 2.24) is 0 Å². The molecule has 1 heterocycles. The second-order valence-corrected chi connectivity index (χ2v) is 7.87. The number of carbonyl (C=O) groups is 3. The average molecular weight is 424 g/mol. The number of esters is 1. The van der Waals surface area contributed by atoms with Gasteiger partial charge in [-0.2, -0.15) is 0 Å². The minimum absolute atomic E-state index is 0.0261. The Labute approximate surface area is 182 Å². The molecule has 0 radical (unpaired) electrons. The van der Waals surface area contributed by atoms with Gasteiger partial charge in [0.2, 0.25) is 0 Å². The molecule has 1 N–H and O–H groups in total. The van der Waals surface area contributed by atoms with Crippen molar-refractivity contribution in [3.05, 3.63) is 53.6 Å². The van der Waals surface area contributed by atoms with Gasteiger partial charge in [-0.1, -0.05) is 44.2 Å². The molecule has 2 amide bonds. The third-order valence-electron chi connectivity index (χ3n) is 5.17. The van der Waals surface area contributed by atoms with Crippen LogP contribution in [0.5, 0.6) is 5.75 Å². The topological polar surface area (TPSA) is 84.9 Å². The zero-order valence-corrected chi connectivity index (χ0v) is 18.3. The Morgan fingerprint density at radius 1 is 1.16 bits per heavy atom. The molecule has 1 aliphatic heterocycles. The van der Waals surface area contributed by atoms with Gasteiger partial charge in [0.1, 0.15) is 5.75 Å². The number of aryl methyl sites for hydroxylation is 1. The highest BCUT2D eigenvalue weighted by Gasteiger charge is 2.31. The first-order chi connectivity index (χ1) is 14.8. The fourth-order valence-electron chi connectivity index (χ4n) is 3.53. The van der Waals surface area contributed by atoms with Gasteiger partial charge in [-0.3, -0.25) is 14.4 Å². The van der Waals surface area contributed by atoms with E-state index in [2.05, 4.69) is 19.2 Å². The molecule has 1 atom stereocenters. The first-order valence-corrected chi connectivity index (χ1v) is 10.4. The molecule has 7 nitrogen and oxygen atoms in total. The number of nitrogens with zero attached hydrogens (tertiary/aromatic N) is 1. The van der Waals surface area contributed by atoms with Crippen LogP contribution in [0.3, 0.4) is 0 Å². The molecule has 0 aromatic heterocycles. The Morgan fingerprint density at radius 3 is 2.65 bits per heavy atom. The highest BCUT2D eigenvalue weighted by molar-refractivity contribution is 6.00.